The van der Waals surface area contributed by atoms with Crippen molar-refractivity contribution >= 4 is 23.6 Å². The molecule has 1 fully saturated rings. The molecule has 1 aromatic rings. The van der Waals surface area contributed by atoms with Crippen LogP contribution in [0.4, 0.5) is 0 Å². The summed E-state index contributed by atoms with van der Waals surface area (Å²) in [6.45, 7) is 3.22. The van der Waals surface area contributed by atoms with Gasteiger partial charge in [-0.15, -0.1) is 0 Å². The van der Waals surface area contributed by atoms with Gasteiger partial charge in [-0.3, -0.25) is 4.79 Å². The van der Waals surface area contributed by atoms with Crippen molar-refractivity contribution in [2.45, 2.75) is 37.9 Å². The Morgan fingerprint density at radius 1 is 1.48 bits per heavy atom. The molecule has 1 aliphatic rings. The van der Waals surface area contributed by atoms with Crippen molar-refractivity contribution < 1.29 is 19.1 Å². The van der Waals surface area contributed by atoms with Crippen LogP contribution in [0.5, 0.6) is 0 Å². The van der Waals surface area contributed by atoms with Gasteiger partial charge in [-0.2, -0.15) is 11.8 Å². The SMILES string of the molecule is CCc1oc(C(=O)N2CCCCC(SC)C2)cc1C(=O)O. The number of aromatic carboxylic acids is 1. The molecule has 0 radical (unpaired) electrons. The topological polar surface area (TPSA) is 70.8 Å². The van der Waals surface area contributed by atoms with Crippen LogP contribution in [0.1, 0.15) is 52.9 Å². The monoisotopic (exact) mass is 311 g/mol. The largest absolute Gasteiger partial charge is 0.478 e. The van der Waals surface area contributed by atoms with E-state index in [1.165, 1.54) is 6.07 Å². The number of carbonyl (C=O) groups is 2. The Labute approximate surface area is 128 Å². The summed E-state index contributed by atoms with van der Waals surface area (Å²) < 4.78 is 5.47. The number of carboxylic acids is 1. The maximum atomic E-state index is 12.5. The molecular formula is C15H21NO4S. The first-order valence-corrected chi connectivity index (χ1v) is 8.53. The van der Waals surface area contributed by atoms with Crippen molar-refractivity contribution in [3.05, 3.63) is 23.2 Å². The second-order valence-electron chi connectivity index (χ2n) is 5.21. The third-order valence-electron chi connectivity index (χ3n) is 3.82. The first kappa shape index (κ1) is 15.9. The molecule has 0 aromatic carbocycles. The number of hydrogen-bond acceptors (Lipinski definition) is 4. The van der Waals surface area contributed by atoms with Gasteiger partial charge in [0.15, 0.2) is 5.76 Å². The molecular weight excluding hydrogens is 290 g/mol. The average molecular weight is 311 g/mol. The highest BCUT2D eigenvalue weighted by Crippen LogP contribution is 2.23. The van der Waals surface area contributed by atoms with Gasteiger partial charge in [0, 0.05) is 30.8 Å². The van der Waals surface area contributed by atoms with Gasteiger partial charge in [-0.25, -0.2) is 4.79 Å². The highest BCUT2D eigenvalue weighted by atomic mass is 32.2. The smallest absolute Gasteiger partial charge is 0.339 e. The van der Waals surface area contributed by atoms with Gasteiger partial charge in [0.1, 0.15) is 11.3 Å². The second kappa shape index (κ2) is 7.02. The summed E-state index contributed by atoms with van der Waals surface area (Å²) in [5.41, 5.74) is 0.0945. The Balaban J connectivity index is 2.20. The van der Waals surface area contributed by atoms with Crippen molar-refractivity contribution in [2.75, 3.05) is 19.3 Å². The molecule has 5 nitrogen and oxygen atoms in total. The van der Waals surface area contributed by atoms with E-state index in [1.54, 1.807) is 16.7 Å². The fourth-order valence-electron chi connectivity index (χ4n) is 2.61. The van der Waals surface area contributed by atoms with Gasteiger partial charge in [0.05, 0.1) is 0 Å². The summed E-state index contributed by atoms with van der Waals surface area (Å²) in [4.78, 5) is 25.5. The highest BCUT2D eigenvalue weighted by molar-refractivity contribution is 7.99. The number of thioether (sulfide) groups is 1. The molecule has 21 heavy (non-hydrogen) atoms. The number of furan rings is 1. The van der Waals surface area contributed by atoms with Gasteiger partial charge in [0.2, 0.25) is 0 Å². The number of likely N-dealkylation sites (tertiary alicyclic amines) is 1. The molecule has 0 saturated carbocycles. The number of hydrogen-bond donors (Lipinski definition) is 1. The summed E-state index contributed by atoms with van der Waals surface area (Å²) >= 11 is 1.77. The predicted molar refractivity (Wildman–Crippen MR) is 82.1 cm³/mol. The molecule has 0 aliphatic carbocycles. The predicted octanol–water partition coefficient (Wildman–Crippen LogP) is 2.90. The zero-order valence-electron chi connectivity index (χ0n) is 12.4. The van der Waals surface area contributed by atoms with Crippen LogP contribution >= 0.6 is 11.8 Å². The highest BCUT2D eigenvalue weighted by Gasteiger charge is 2.26. The fraction of sp³-hybridized carbons (Fsp3) is 0.600. The Bertz CT molecular complexity index is 526. The number of amides is 1. The molecule has 1 aliphatic heterocycles. The molecule has 1 saturated heterocycles. The van der Waals surface area contributed by atoms with Crippen molar-refractivity contribution in [3.8, 4) is 0 Å². The molecule has 1 amide bonds. The summed E-state index contributed by atoms with van der Waals surface area (Å²) in [7, 11) is 0. The molecule has 0 bridgehead atoms. The molecule has 2 rings (SSSR count). The normalized spacial score (nSPS) is 19.3. The molecule has 2 heterocycles. The van der Waals surface area contributed by atoms with Crippen LogP contribution in [0.25, 0.3) is 0 Å². The van der Waals surface area contributed by atoms with Gasteiger partial charge >= 0.3 is 5.97 Å². The average Bonchev–Trinajstić information content (AvgIpc) is 2.77. The van der Waals surface area contributed by atoms with Crippen molar-refractivity contribution in [2.24, 2.45) is 0 Å². The lowest BCUT2D eigenvalue weighted by Gasteiger charge is -2.22. The van der Waals surface area contributed by atoms with Gasteiger partial charge in [-0.1, -0.05) is 13.3 Å². The standard InChI is InChI=1S/C15H21NO4S/c1-3-12-11(15(18)19)8-13(20-12)14(17)16-7-5-4-6-10(9-16)21-2/h8,10H,3-7,9H2,1-2H3,(H,18,19). The molecule has 1 N–H and O–H groups in total. The van der Waals surface area contributed by atoms with E-state index in [2.05, 4.69) is 6.26 Å². The summed E-state index contributed by atoms with van der Waals surface area (Å²) in [6, 6.07) is 1.36. The third-order valence-corrected chi connectivity index (χ3v) is 4.87. The minimum Gasteiger partial charge on any atom is -0.478 e. The van der Waals surface area contributed by atoms with Crippen LogP contribution in [0, 0.1) is 0 Å². The first-order chi connectivity index (χ1) is 10.1. The lowest BCUT2D eigenvalue weighted by atomic mass is 10.2. The van der Waals surface area contributed by atoms with Crippen molar-refractivity contribution in [1.29, 1.82) is 0 Å². The molecule has 0 spiro atoms. The minimum atomic E-state index is -1.05. The number of rotatable bonds is 4. The second-order valence-corrected chi connectivity index (χ2v) is 6.35. The van der Waals surface area contributed by atoms with Crippen LogP contribution in [-0.2, 0) is 6.42 Å². The van der Waals surface area contributed by atoms with E-state index in [1.807, 2.05) is 6.92 Å². The van der Waals surface area contributed by atoms with Gasteiger partial charge in [-0.05, 0) is 19.1 Å². The van der Waals surface area contributed by atoms with Crippen LogP contribution in [-0.4, -0.2) is 46.5 Å². The molecule has 1 atom stereocenters. The Morgan fingerprint density at radius 3 is 2.81 bits per heavy atom. The van der Waals surface area contributed by atoms with Crippen LogP contribution in [0.15, 0.2) is 10.5 Å². The van der Waals surface area contributed by atoms with E-state index in [-0.39, 0.29) is 17.2 Å². The Hall–Kier alpha value is -1.43. The molecule has 1 aromatic heterocycles. The lowest BCUT2D eigenvalue weighted by molar-refractivity contribution is 0.0691. The van der Waals surface area contributed by atoms with E-state index < -0.39 is 5.97 Å². The maximum absolute atomic E-state index is 12.5. The fourth-order valence-corrected chi connectivity index (χ4v) is 3.34. The summed E-state index contributed by atoms with van der Waals surface area (Å²) in [6.07, 6.45) is 5.74. The van der Waals surface area contributed by atoms with Crippen LogP contribution < -0.4 is 0 Å². The van der Waals surface area contributed by atoms with Crippen molar-refractivity contribution in [3.63, 3.8) is 0 Å². The van der Waals surface area contributed by atoms with Crippen molar-refractivity contribution in [1.82, 2.24) is 4.90 Å². The number of carbonyl (C=O) groups excluding carboxylic acids is 1. The zero-order chi connectivity index (χ0) is 15.4. The van der Waals surface area contributed by atoms with Crippen LogP contribution in [0.3, 0.4) is 0 Å². The summed E-state index contributed by atoms with van der Waals surface area (Å²) in [5.74, 6) is -0.737. The number of nitrogens with zero attached hydrogens (tertiary/aromatic N) is 1. The Morgan fingerprint density at radius 2 is 2.24 bits per heavy atom. The summed E-state index contributed by atoms with van der Waals surface area (Å²) in [5, 5.41) is 9.58. The zero-order valence-corrected chi connectivity index (χ0v) is 13.2. The van der Waals surface area contributed by atoms with E-state index in [4.69, 9.17) is 9.52 Å². The third kappa shape index (κ3) is 3.61. The number of aryl methyl sites for hydroxylation is 1. The number of carboxylic acid groups (broad SMARTS) is 1. The maximum Gasteiger partial charge on any atom is 0.339 e. The van der Waals surface area contributed by atoms with Gasteiger partial charge in [0.25, 0.3) is 5.91 Å². The van der Waals surface area contributed by atoms with E-state index >= 15 is 0 Å². The van der Waals surface area contributed by atoms with Gasteiger partial charge < -0.3 is 14.4 Å². The quantitative estimate of drug-likeness (QED) is 0.925. The Kier molecular flexibility index (Phi) is 5.33. The van der Waals surface area contributed by atoms with Crippen LogP contribution in [0.2, 0.25) is 0 Å². The first-order valence-electron chi connectivity index (χ1n) is 7.24. The molecule has 116 valence electrons. The van der Waals surface area contributed by atoms with E-state index in [0.717, 1.165) is 19.3 Å². The van der Waals surface area contributed by atoms with E-state index in [9.17, 15) is 9.59 Å². The minimum absolute atomic E-state index is 0.0945. The molecule has 6 heteroatoms. The lowest BCUT2D eigenvalue weighted by Crippen LogP contribution is -2.35. The van der Waals surface area contributed by atoms with E-state index in [0.29, 0.717) is 30.5 Å². The molecule has 1 unspecified atom stereocenters.